The highest BCUT2D eigenvalue weighted by Crippen LogP contribution is 2.45. The van der Waals surface area contributed by atoms with E-state index in [4.69, 9.17) is 0 Å². The minimum Gasteiger partial charge on any atom is -0.477 e. The van der Waals surface area contributed by atoms with Gasteiger partial charge in [0.1, 0.15) is 16.5 Å². The number of halogens is 1. The number of amides is 1. The Morgan fingerprint density at radius 2 is 2.05 bits per heavy atom. The van der Waals surface area contributed by atoms with Crippen LogP contribution < -0.4 is 5.32 Å². The summed E-state index contributed by atoms with van der Waals surface area (Å²) < 4.78 is 14.7. The summed E-state index contributed by atoms with van der Waals surface area (Å²) in [6.45, 7) is 4.27. The molecule has 39 heavy (non-hydrogen) atoms. The van der Waals surface area contributed by atoms with Crippen LogP contribution in [0.15, 0.2) is 54.2 Å². The van der Waals surface area contributed by atoms with Gasteiger partial charge < -0.3 is 20.4 Å². The molecular formula is C30H25FN4O3S. The number of hydrogen-bond acceptors (Lipinski definition) is 4. The Labute approximate surface area is 227 Å². The Bertz CT molecular complexity index is 1780. The fraction of sp³-hybridized carbons (Fsp3) is 0.167. The second-order valence-corrected chi connectivity index (χ2v) is 10.8. The average Bonchev–Trinajstić information content (AvgIpc) is 3.71. The van der Waals surface area contributed by atoms with Gasteiger partial charge in [-0.1, -0.05) is 26.0 Å². The van der Waals surface area contributed by atoms with Crippen LogP contribution in [0.25, 0.3) is 39.4 Å². The third-order valence-electron chi connectivity index (χ3n) is 7.04. The summed E-state index contributed by atoms with van der Waals surface area (Å²) >= 11 is 1.46. The lowest BCUT2D eigenvalue weighted by Gasteiger charge is -2.16. The van der Waals surface area contributed by atoms with Crippen LogP contribution in [0, 0.1) is 5.82 Å². The molecule has 5 aromatic rings. The van der Waals surface area contributed by atoms with Crippen molar-refractivity contribution < 1.29 is 19.1 Å². The lowest BCUT2D eigenvalue weighted by molar-refractivity contribution is 0.0692. The maximum Gasteiger partial charge on any atom is 0.352 e. The zero-order valence-corrected chi connectivity index (χ0v) is 22.1. The van der Waals surface area contributed by atoms with Gasteiger partial charge in [-0.05, 0) is 64.9 Å². The van der Waals surface area contributed by atoms with Crippen LogP contribution in [0.1, 0.15) is 62.3 Å². The molecule has 7 nitrogen and oxygen atoms in total. The van der Waals surface area contributed by atoms with Crippen LogP contribution >= 0.6 is 11.3 Å². The van der Waals surface area contributed by atoms with Gasteiger partial charge in [-0.2, -0.15) is 0 Å². The Balaban J connectivity index is 1.56. The first-order chi connectivity index (χ1) is 18.8. The first-order valence-electron chi connectivity index (χ1n) is 12.6. The normalized spacial score (nSPS) is 12.4. The number of nitrogens with one attached hydrogen (secondary N) is 3. The van der Waals surface area contributed by atoms with Crippen LogP contribution in [0.2, 0.25) is 0 Å². The Kier molecular flexibility index (Phi) is 6.15. The standard InChI is InChI=1S/C30H25FN4O3S/c1-15(2)25-26(28(30(37)38)35-27(25)22-12-18(31)13-23-20(22)6-7-32-23)21-11-17(10-16-4-3-5-19(16)21)29(36)34-14-24-33-8-9-39-24/h3,5-13,15,32,35H,4,14H2,1-2H3,(H,34,36)(H,37,38). The summed E-state index contributed by atoms with van der Waals surface area (Å²) in [6, 6.07) is 8.31. The number of aromatic nitrogens is 3. The van der Waals surface area contributed by atoms with Gasteiger partial charge in [0, 0.05) is 45.4 Å². The molecular weight excluding hydrogens is 515 g/mol. The van der Waals surface area contributed by atoms with E-state index in [1.807, 2.05) is 43.5 Å². The molecule has 0 unspecified atom stereocenters. The predicted molar refractivity (Wildman–Crippen MR) is 151 cm³/mol. The number of H-pyrrole nitrogens is 2. The maximum atomic E-state index is 14.7. The summed E-state index contributed by atoms with van der Waals surface area (Å²) in [5, 5.41) is 16.7. The first-order valence-corrected chi connectivity index (χ1v) is 13.5. The SMILES string of the molecule is CC(C)c1c(-c2cc(F)cc3[nH]ccc23)[nH]c(C(=O)O)c1-c1cc(C(=O)NCc2nccs2)cc2c1C=CC2. The number of fused-ring (bicyclic) bond motifs is 2. The quantitative estimate of drug-likeness (QED) is 0.183. The predicted octanol–water partition coefficient (Wildman–Crippen LogP) is 6.75. The molecule has 1 aliphatic rings. The minimum atomic E-state index is -1.13. The highest BCUT2D eigenvalue weighted by molar-refractivity contribution is 7.09. The lowest BCUT2D eigenvalue weighted by atomic mass is 9.86. The monoisotopic (exact) mass is 540 g/mol. The van der Waals surface area contributed by atoms with E-state index in [-0.39, 0.29) is 17.5 Å². The summed E-state index contributed by atoms with van der Waals surface area (Å²) in [7, 11) is 0. The number of benzene rings is 2. The number of rotatable bonds is 7. The zero-order chi connectivity index (χ0) is 27.3. The molecule has 1 amide bonds. The van der Waals surface area contributed by atoms with E-state index < -0.39 is 11.8 Å². The average molecular weight is 541 g/mol. The van der Waals surface area contributed by atoms with Gasteiger partial charge in [0.2, 0.25) is 0 Å². The third kappa shape index (κ3) is 4.34. The molecule has 0 atom stereocenters. The van der Waals surface area contributed by atoms with Crippen LogP contribution in [0.5, 0.6) is 0 Å². The fourth-order valence-corrected chi connectivity index (χ4v) is 5.96. The highest BCUT2D eigenvalue weighted by atomic mass is 32.1. The molecule has 6 rings (SSSR count). The van der Waals surface area contributed by atoms with Gasteiger partial charge in [-0.25, -0.2) is 14.2 Å². The van der Waals surface area contributed by atoms with Gasteiger partial charge in [0.25, 0.3) is 5.91 Å². The molecule has 0 radical (unpaired) electrons. The number of carbonyl (C=O) groups excluding carboxylic acids is 1. The van der Waals surface area contributed by atoms with Crippen molar-refractivity contribution in [2.75, 3.05) is 0 Å². The van der Waals surface area contributed by atoms with Crippen LogP contribution in [-0.2, 0) is 13.0 Å². The zero-order valence-electron chi connectivity index (χ0n) is 21.3. The number of aromatic amines is 2. The third-order valence-corrected chi connectivity index (χ3v) is 7.82. The second kappa shape index (κ2) is 9.67. The lowest BCUT2D eigenvalue weighted by Crippen LogP contribution is -2.23. The minimum absolute atomic E-state index is 0.00416. The summed E-state index contributed by atoms with van der Waals surface area (Å²) in [5.74, 6) is -1.93. The van der Waals surface area contributed by atoms with Crippen molar-refractivity contribution >= 4 is 40.2 Å². The number of allylic oxidation sites excluding steroid dienone is 1. The van der Waals surface area contributed by atoms with E-state index in [0.717, 1.165) is 27.1 Å². The molecule has 0 saturated carbocycles. The Morgan fingerprint density at radius 3 is 2.79 bits per heavy atom. The van der Waals surface area contributed by atoms with Crippen molar-refractivity contribution in [3.05, 3.63) is 93.0 Å². The Morgan fingerprint density at radius 1 is 1.21 bits per heavy atom. The van der Waals surface area contributed by atoms with Crippen LogP contribution in [0.4, 0.5) is 4.39 Å². The molecule has 4 N–H and O–H groups in total. The van der Waals surface area contributed by atoms with Gasteiger partial charge in [-0.3, -0.25) is 4.79 Å². The topological polar surface area (TPSA) is 111 Å². The largest absolute Gasteiger partial charge is 0.477 e. The van der Waals surface area contributed by atoms with Gasteiger partial charge >= 0.3 is 5.97 Å². The van der Waals surface area contributed by atoms with E-state index in [2.05, 4.69) is 20.3 Å². The molecule has 0 saturated heterocycles. The number of carboxylic acids is 1. The molecule has 1 aliphatic carbocycles. The summed E-state index contributed by atoms with van der Waals surface area (Å²) in [4.78, 5) is 36.2. The fourth-order valence-electron chi connectivity index (χ4n) is 5.40. The van der Waals surface area contributed by atoms with E-state index in [1.165, 1.54) is 23.5 Å². The molecule has 0 aliphatic heterocycles. The van der Waals surface area contributed by atoms with E-state index in [0.29, 0.717) is 46.4 Å². The van der Waals surface area contributed by atoms with Gasteiger partial charge in [0.15, 0.2) is 0 Å². The van der Waals surface area contributed by atoms with Crippen molar-refractivity contribution in [3.63, 3.8) is 0 Å². The molecule has 3 aromatic heterocycles. The second-order valence-electron chi connectivity index (χ2n) is 9.83. The van der Waals surface area contributed by atoms with Crippen molar-refractivity contribution in [2.24, 2.45) is 0 Å². The highest BCUT2D eigenvalue weighted by Gasteiger charge is 2.29. The van der Waals surface area contributed by atoms with Crippen LogP contribution in [-0.4, -0.2) is 31.9 Å². The maximum absolute atomic E-state index is 14.7. The molecule has 9 heteroatoms. The number of thiazole rings is 1. The number of aromatic carboxylic acids is 1. The molecule has 0 spiro atoms. The summed E-state index contributed by atoms with van der Waals surface area (Å²) in [5.41, 5.74) is 5.94. The van der Waals surface area contributed by atoms with Gasteiger partial charge in [-0.15, -0.1) is 11.3 Å². The van der Waals surface area contributed by atoms with Crippen molar-refractivity contribution in [2.45, 2.75) is 32.7 Å². The number of carboxylic acid groups (broad SMARTS) is 1. The number of nitrogens with zero attached hydrogens (tertiary/aromatic N) is 1. The first kappa shape index (κ1) is 24.8. The van der Waals surface area contributed by atoms with E-state index >= 15 is 0 Å². The number of hydrogen-bond donors (Lipinski definition) is 4. The molecule has 196 valence electrons. The molecule has 0 fully saturated rings. The van der Waals surface area contributed by atoms with Crippen molar-refractivity contribution in [1.82, 2.24) is 20.3 Å². The van der Waals surface area contributed by atoms with E-state index in [1.54, 1.807) is 18.5 Å². The van der Waals surface area contributed by atoms with E-state index in [9.17, 15) is 19.1 Å². The Hall–Kier alpha value is -4.50. The summed E-state index contributed by atoms with van der Waals surface area (Å²) in [6.07, 6.45) is 8.04. The number of carbonyl (C=O) groups is 2. The van der Waals surface area contributed by atoms with Crippen molar-refractivity contribution in [3.8, 4) is 22.4 Å². The molecule has 0 bridgehead atoms. The molecule has 3 heterocycles. The van der Waals surface area contributed by atoms with Gasteiger partial charge in [0.05, 0.1) is 12.2 Å². The smallest absolute Gasteiger partial charge is 0.352 e. The van der Waals surface area contributed by atoms with Crippen molar-refractivity contribution in [1.29, 1.82) is 0 Å². The van der Waals surface area contributed by atoms with Crippen LogP contribution in [0.3, 0.4) is 0 Å². The molecule has 2 aromatic carbocycles.